The minimum Gasteiger partial charge on any atom is -0.311 e. The first kappa shape index (κ1) is 22.4. The Bertz CT molecular complexity index is 1320. The zero-order valence-corrected chi connectivity index (χ0v) is 18.3. The highest BCUT2D eigenvalue weighted by Gasteiger charge is 2.37. The van der Waals surface area contributed by atoms with E-state index in [4.69, 9.17) is 0 Å². The number of rotatable bonds is 6. The molecular weight excluding hydrogens is 435 g/mol. The van der Waals surface area contributed by atoms with Crippen LogP contribution in [0.15, 0.2) is 36.5 Å². The first-order valence-corrected chi connectivity index (χ1v) is 10.3. The molecule has 172 valence electrons. The highest BCUT2D eigenvalue weighted by Crippen LogP contribution is 2.27. The molecule has 1 aromatic carbocycles. The number of aromatic nitrogens is 6. The maximum atomic E-state index is 13.0. The SMILES string of the molecule is Cc1cccc(Cn2nccc2NC(=O)CCc2c(C)nc3nc(C(F)(F)F)nn3c2C)c1. The van der Waals surface area contributed by atoms with Crippen LogP contribution in [0.5, 0.6) is 0 Å². The number of fused-ring (bicyclic) bond motifs is 1. The lowest BCUT2D eigenvalue weighted by atomic mass is 10.1. The fourth-order valence-electron chi connectivity index (χ4n) is 3.68. The van der Waals surface area contributed by atoms with Crippen molar-refractivity contribution in [1.82, 2.24) is 29.4 Å². The van der Waals surface area contributed by atoms with Crippen molar-refractivity contribution in [2.45, 2.75) is 46.3 Å². The Morgan fingerprint density at radius 3 is 2.64 bits per heavy atom. The van der Waals surface area contributed by atoms with Gasteiger partial charge in [0.15, 0.2) is 0 Å². The summed E-state index contributed by atoms with van der Waals surface area (Å²) in [6.45, 7) is 5.84. The Labute approximate surface area is 187 Å². The van der Waals surface area contributed by atoms with E-state index >= 15 is 0 Å². The van der Waals surface area contributed by atoms with Crippen LogP contribution in [0.3, 0.4) is 0 Å². The highest BCUT2D eigenvalue weighted by atomic mass is 19.4. The van der Waals surface area contributed by atoms with Crippen molar-refractivity contribution >= 4 is 17.5 Å². The number of hydrogen-bond acceptors (Lipinski definition) is 5. The predicted octanol–water partition coefficient (Wildman–Crippen LogP) is 3.88. The molecule has 0 atom stereocenters. The van der Waals surface area contributed by atoms with Gasteiger partial charge < -0.3 is 5.32 Å². The maximum absolute atomic E-state index is 13.0. The maximum Gasteiger partial charge on any atom is 0.453 e. The molecule has 0 aliphatic carbocycles. The second kappa shape index (κ2) is 8.64. The summed E-state index contributed by atoms with van der Waals surface area (Å²) < 4.78 is 41.6. The standard InChI is InChI=1S/C22H22F3N7O/c1-13-5-4-6-16(11-13)12-31-18(9-10-26-31)28-19(33)8-7-17-14(2)27-21-29-20(22(23,24)25)30-32(21)15(17)3/h4-6,9-11H,7-8,12H2,1-3H3,(H,28,33). The molecule has 0 saturated heterocycles. The van der Waals surface area contributed by atoms with Crippen LogP contribution in [0.2, 0.25) is 0 Å². The quantitative estimate of drug-likeness (QED) is 0.475. The monoisotopic (exact) mass is 457 g/mol. The third kappa shape index (κ3) is 4.86. The minimum absolute atomic E-state index is 0.116. The summed E-state index contributed by atoms with van der Waals surface area (Å²) in [5.41, 5.74) is 3.84. The molecule has 11 heteroatoms. The second-order valence-corrected chi connectivity index (χ2v) is 7.82. The number of carbonyl (C=O) groups excluding carboxylic acids is 1. The summed E-state index contributed by atoms with van der Waals surface area (Å²) >= 11 is 0. The molecule has 0 unspecified atom stereocenters. The number of alkyl halides is 3. The molecular formula is C22H22F3N7O. The Morgan fingerprint density at radius 1 is 1.12 bits per heavy atom. The van der Waals surface area contributed by atoms with Gasteiger partial charge in [-0.15, -0.1) is 5.10 Å². The summed E-state index contributed by atoms with van der Waals surface area (Å²) in [4.78, 5) is 20.2. The third-order valence-corrected chi connectivity index (χ3v) is 5.30. The number of halogens is 3. The van der Waals surface area contributed by atoms with Crippen LogP contribution < -0.4 is 5.32 Å². The van der Waals surface area contributed by atoms with Crippen LogP contribution in [0.4, 0.5) is 19.0 Å². The Hall–Kier alpha value is -3.76. The molecule has 1 N–H and O–H groups in total. The lowest BCUT2D eigenvalue weighted by Crippen LogP contribution is -2.17. The number of carbonyl (C=O) groups is 1. The summed E-state index contributed by atoms with van der Waals surface area (Å²) in [7, 11) is 0. The summed E-state index contributed by atoms with van der Waals surface area (Å²) in [5, 5.41) is 10.7. The molecule has 4 aromatic rings. The average molecular weight is 457 g/mol. The van der Waals surface area contributed by atoms with Crippen molar-refractivity contribution in [2.24, 2.45) is 0 Å². The number of hydrogen-bond donors (Lipinski definition) is 1. The van der Waals surface area contributed by atoms with E-state index in [0.29, 0.717) is 35.7 Å². The molecule has 0 bridgehead atoms. The molecule has 0 radical (unpaired) electrons. The van der Waals surface area contributed by atoms with Gasteiger partial charge in [-0.2, -0.15) is 23.3 Å². The smallest absolute Gasteiger partial charge is 0.311 e. The van der Waals surface area contributed by atoms with Gasteiger partial charge >= 0.3 is 6.18 Å². The molecule has 0 spiro atoms. The molecule has 3 heterocycles. The van der Waals surface area contributed by atoms with Crippen LogP contribution >= 0.6 is 0 Å². The number of amides is 1. The molecule has 8 nitrogen and oxygen atoms in total. The minimum atomic E-state index is -4.66. The number of nitrogens with one attached hydrogen (secondary N) is 1. The number of benzene rings is 1. The van der Waals surface area contributed by atoms with Crippen LogP contribution in [-0.2, 0) is 23.9 Å². The fraction of sp³-hybridized carbons (Fsp3) is 0.318. The van der Waals surface area contributed by atoms with Crippen molar-refractivity contribution in [3.05, 3.63) is 70.4 Å². The Kier molecular flexibility index (Phi) is 5.88. The lowest BCUT2D eigenvalue weighted by molar-refractivity contribution is -0.144. The van der Waals surface area contributed by atoms with E-state index in [1.165, 1.54) is 0 Å². The molecule has 0 aliphatic rings. The molecule has 0 saturated carbocycles. The van der Waals surface area contributed by atoms with Crippen molar-refractivity contribution in [2.75, 3.05) is 5.32 Å². The van der Waals surface area contributed by atoms with Crippen LogP contribution in [-0.4, -0.2) is 35.3 Å². The highest BCUT2D eigenvalue weighted by molar-refractivity contribution is 5.90. The van der Waals surface area contributed by atoms with E-state index in [2.05, 4.69) is 31.5 Å². The van der Waals surface area contributed by atoms with E-state index < -0.39 is 12.0 Å². The van der Waals surface area contributed by atoms with Crippen molar-refractivity contribution in [3.63, 3.8) is 0 Å². The van der Waals surface area contributed by atoms with Gasteiger partial charge in [-0.05, 0) is 38.3 Å². The zero-order valence-electron chi connectivity index (χ0n) is 18.3. The van der Waals surface area contributed by atoms with Gasteiger partial charge in [0.25, 0.3) is 11.6 Å². The second-order valence-electron chi connectivity index (χ2n) is 7.82. The van der Waals surface area contributed by atoms with Crippen LogP contribution in [0, 0.1) is 20.8 Å². The van der Waals surface area contributed by atoms with Crippen LogP contribution in [0.25, 0.3) is 5.78 Å². The lowest BCUT2D eigenvalue weighted by Gasteiger charge is -2.12. The first-order valence-electron chi connectivity index (χ1n) is 10.3. The third-order valence-electron chi connectivity index (χ3n) is 5.30. The van der Waals surface area contributed by atoms with E-state index in [1.54, 1.807) is 30.8 Å². The normalized spacial score (nSPS) is 11.8. The van der Waals surface area contributed by atoms with Gasteiger partial charge in [-0.3, -0.25) is 4.79 Å². The molecule has 33 heavy (non-hydrogen) atoms. The summed E-state index contributed by atoms with van der Waals surface area (Å²) in [6, 6.07) is 9.73. The molecule has 1 amide bonds. The average Bonchev–Trinajstić information content (AvgIpc) is 3.35. The zero-order chi connectivity index (χ0) is 23.8. The van der Waals surface area contributed by atoms with Crippen molar-refractivity contribution < 1.29 is 18.0 Å². The van der Waals surface area contributed by atoms with Crippen molar-refractivity contribution in [1.29, 1.82) is 0 Å². The Balaban J connectivity index is 1.46. The van der Waals surface area contributed by atoms with Gasteiger partial charge in [0.05, 0.1) is 12.7 Å². The summed E-state index contributed by atoms with van der Waals surface area (Å²) in [6.07, 6.45) is -2.64. The molecule has 3 aromatic heterocycles. The fourth-order valence-corrected chi connectivity index (χ4v) is 3.68. The number of aryl methyl sites for hydroxylation is 3. The molecule has 0 fully saturated rings. The Morgan fingerprint density at radius 2 is 1.91 bits per heavy atom. The van der Waals surface area contributed by atoms with Gasteiger partial charge in [0.2, 0.25) is 5.91 Å². The number of nitrogens with zero attached hydrogens (tertiary/aromatic N) is 6. The predicted molar refractivity (Wildman–Crippen MR) is 115 cm³/mol. The van der Waals surface area contributed by atoms with E-state index in [0.717, 1.165) is 15.6 Å². The van der Waals surface area contributed by atoms with E-state index in [9.17, 15) is 18.0 Å². The van der Waals surface area contributed by atoms with Gasteiger partial charge in [-0.25, -0.2) is 14.2 Å². The van der Waals surface area contributed by atoms with E-state index in [-0.39, 0.29) is 18.1 Å². The van der Waals surface area contributed by atoms with Crippen LogP contribution in [0.1, 0.15) is 40.3 Å². The molecule has 4 rings (SSSR count). The summed E-state index contributed by atoms with van der Waals surface area (Å²) in [5.74, 6) is -1.04. The van der Waals surface area contributed by atoms with Gasteiger partial charge in [0.1, 0.15) is 5.82 Å². The number of anilines is 1. The molecule has 0 aliphatic heterocycles. The van der Waals surface area contributed by atoms with Crippen molar-refractivity contribution in [3.8, 4) is 0 Å². The van der Waals surface area contributed by atoms with E-state index in [1.807, 2.05) is 25.1 Å². The largest absolute Gasteiger partial charge is 0.453 e. The van der Waals surface area contributed by atoms with Gasteiger partial charge in [0, 0.05) is 23.9 Å². The topological polar surface area (TPSA) is 90.0 Å². The van der Waals surface area contributed by atoms with Gasteiger partial charge in [-0.1, -0.05) is 29.8 Å². The first-order chi connectivity index (χ1) is 15.6.